The zero-order valence-electron chi connectivity index (χ0n) is 11.1. The third kappa shape index (κ3) is 4.14. The van der Waals surface area contributed by atoms with Crippen LogP contribution >= 0.6 is 0 Å². The Morgan fingerprint density at radius 1 is 1.13 bits per heavy atom. The van der Waals surface area contributed by atoms with Gasteiger partial charge >= 0.3 is 0 Å². The van der Waals surface area contributed by atoms with Gasteiger partial charge in [-0.05, 0) is 30.3 Å². The Balaban J connectivity index is 2.53. The van der Waals surface area contributed by atoms with Crippen LogP contribution in [0.4, 0.5) is 0 Å². The van der Waals surface area contributed by atoms with Crippen LogP contribution in [0.2, 0.25) is 0 Å². The maximum atomic E-state index is 3.55. The molecule has 0 aromatic carbocycles. The number of hydrogen-bond acceptors (Lipinski definition) is 1. The Hall–Kier alpha value is -0.0400. The molecule has 0 aromatic rings. The topological polar surface area (TPSA) is 12.0 Å². The zero-order chi connectivity index (χ0) is 11.3. The van der Waals surface area contributed by atoms with Crippen LogP contribution in [-0.4, -0.2) is 13.1 Å². The van der Waals surface area contributed by atoms with Crippen LogP contribution in [0, 0.1) is 17.3 Å². The van der Waals surface area contributed by atoms with Gasteiger partial charge in [0.15, 0.2) is 0 Å². The van der Waals surface area contributed by atoms with Crippen molar-refractivity contribution in [1.29, 1.82) is 0 Å². The molecular weight excluding hydrogens is 182 g/mol. The molecule has 1 unspecified atom stereocenters. The van der Waals surface area contributed by atoms with Crippen molar-refractivity contribution in [2.24, 2.45) is 17.3 Å². The van der Waals surface area contributed by atoms with Gasteiger partial charge < -0.3 is 5.32 Å². The first-order chi connectivity index (χ1) is 7.05. The fourth-order valence-electron chi connectivity index (χ4n) is 3.02. The van der Waals surface area contributed by atoms with Crippen molar-refractivity contribution in [2.75, 3.05) is 13.1 Å². The van der Waals surface area contributed by atoms with Gasteiger partial charge in [-0.3, -0.25) is 0 Å². The summed E-state index contributed by atoms with van der Waals surface area (Å²) in [7, 11) is 0. The van der Waals surface area contributed by atoms with Crippen molar-refractivity contribution in [2.45, 2.75) is 59.8 Å². The summed E-state index contributed by atoms with van der Waals surface area (Å²) in [6, 6.07) is 0. The van der Waals surface area contributed by atoms with Crippen molar-refractivity contribution < 1.29 is 0 Å². The second kappa shape index (κ2) is 5.89. The van der Waals surface area contributed by atoms with Crippen LogP contribution < -0.4 is 5.32 Å². The molecule has 0 spiro atoms. The smallest absolute Gasteiger partial charge is 0.00130 e. The lowest BCUT2D eigenvalue weighted by Gasteiger charge is -2.39. The van der Waals surface area contributed by atoms with Crippen molar-refractivity contribution in [3.63, 3.8) is 0 Å². The molecule has 1 heteroatoms. The molecule has 0 amide bonds. The highest BCUT2D eigenvalue weighted by molar-refractivity contribution is 4.83. The van der Waals surface area contributed by atoms with E-state index in [0.717, 1.165) is 18.4 Å². The van der Waals surface area contributed by atoms with Crippen LogP contribution in [0.15, 0.2) is 0 Å². The maximum Gasteiger partial charge on any atom is -0.00130 e. The molecule has 0 saturated heterocycles. The first-order valence-corrected chi connectivity index (χ1v) is 6.76. The number of nitrogens with one attached hydrogen (secondary N) is 1. The lowest BCUT2D eigenvalue weighted by molar-refractivity contribution is 0.123. The minimum atomic E-state index is 0.462. The molecular formula is C14H29N. The fourth-order valence-corrected chi connectivity index (χ4v) is 3.02. The molecule has 1 rings (SSSR count). The molecule has 1 N–H and O–H groups in total. The molecule has 0 radical (unpaired) electrons. The van der Waals surface area contributed by atoms with Gasteiger partial charge in [0.2, 0.25) is 0 Å². The van der Waals surface area contributed by atoms with E-state index in [2.05, 4.69) is 33.0 Å². The Labute approximate surface area is 96.0 Å². The van der Waals surface area contributed by atoms with Gasteiger partial charge in [0.25, 0.3) is 0 Å². The highest BCUT2D eigenvalue weighted by Crippen LogP contribution is 2.39. The summed E-state index contributed by atoms with van der Waals surface area (Å²) in [6.07, 6.45) is 7.32. The van der Waals surface area contributed by atoms with Gasteiger partial charge in [0, 0.05) is 0 Å². The van der Waals surface area contributed by atoms with E-state index in [0.29, 0.717) is 5.41 Å². The zero-order valence-corrected chi connectivity index (χ0v) is 11.1. The Bertz CT molecular complexity index is 163. The second-order valence-electron chi connectivity index (χ2n) is 6.18. The van der Waals surface area contributed by atoms with E-state index in [9.17, 15) is 0 Å². The molecule has 0 bridgehead atoms. The van der Waals surface area contributed by atoms with E-state index >= 15 is 0 Å². The molecule has 1 atom stereocenters. The second-order valence-corrected chi connectivity index (χ2v) is 6.18. The summed E-state index contributed by atoms with van der Waals surface area (Å²) >= 11 is 0. The average molecular weight is 211 g/mol. The summed E-state index contributed by atoms with van der Waals surface area (Å²) in [4.78, 5) is 0. The molecule has 15 heavy (non-hydrogen) atoms. The van der Waals surface area contributed by atoms with E-state index in [1.165, 1.54) is 38.6 Å². The summed E-state index contributed by atoms with van der Waals surface area (Å²) < 4.78 is 0. The van der Waals surface area contributed by atoms with Gasteiger partial charge in [-0.1, -0.05) is 59.8 Å². The molecule has 90 valence electrons. The summed E-state index contributed by atoms with van der Waals surface area (Å²) in [5, 5.41) is 3.55. The first-order valence-electron chi connectivity index (χ1n) is 6.76. The number of hydrogen-bond donors (Lipinski definition) is 1. The third-order valence-electron chi connectivity index (χ3n) is 3.95. The summed E-state index contributed by atoms with van der Waals surface area (Å²) in [6.45, 7) is 11.8. The Morgan fingerprint density at radius 3 is 2.20 bits per heavy atom. The lowest BCUT2D eigenvalue weighted by Crippen LogP contribution is -2.37. The summed E-state index contributed by atoms with van der Waals surface area (Å²) in [5.74, 6) is 1.83. The van der Waals surface area contributed by atoms with Gasteiger partial charge in [-0.2, -0.15) is 0 Å². The van der Waals surface area contributed by atoms with E-state index in [4.69, 9.17) is 0 Å². The van der Waals surface area contributed by atoms with E-state index in [-0.39, 0.29) is 0 Å². The molecule has 0 heterocycles. The van der Waals surface area contributed by atoms with Crippen molar-refractivity contribution in [1.82, 2.24) is 5.32 Å². The predicted octanol–water partition coefficient (Wildman–Crippen LogP) is 3.84. The van der Waals surface area contributed by atoms with Crippen molar-refractivity contribution in [3.8, 4) is 0 Å². The Kier molecular flexibility index (Phi) is 5.11. The fraction of sp³-hybridized carbons (Fsp3) is 1.00. The highest BCUT2D eigenvalue weighted by atomic mass is 14.9. The molecule has 1 nitrogen and oxygen atoms in total. The maximum absolute atomic E-state index is 3.55. The molecule has 1 aliphatic carbocycles. The Morgan fingerprint density at radius 2 is 1.73 bits per heavy atom. The van der Waals surface area contributed by atoms with E-state index in [1.807, 2.05) is 0 Å². The van der Waals surface area contributed by atoms with Crippen LogP contribution in [0.3, 0.4) is 0 Å². The minimum absolute atomic E-state index is 0.462. The monoisotopic (exact) mass is 211 g/mol. The minimum Gasteiger partial charge on any atom is -0.317 e. The van der Waals surface area contributed by atoms with Crippen LogP contribution in [0.5, 0.6) is 0 Å². The number of rotatable bonds is 4. The van der Waals surface area contributed by atoms with Gasteiger partial charge in [0.1, 0.15) is 0 Å². The van der Waals surface area contributed by atoms with Crippen LogP contribution in [-0.2, 0) is 0 Å². The van der Waals surface area contributed by atoms with Crippen LogP contribution in [0.25, 0.3) is 0 Å². The van der Waals surface area contributed by atoms with E-state index in [1.54, 1.807) is 0 Å². The van der Waals surface area contributed by atoms with Gasteiger partial charge in [-0.25, -0.2) is 0 Å². The van der Waals surface area contributed by atoms with Crippen molar-refractivity contribution >= 4 is 0 Å². The SMILES string of the molecule is CCNCC(C1CCCCC1)C(C)(C)C. The third-order valence-corrected chi connectivity index (χ3v) is 3.95. The summed E-state index contributed by atoms with van der Waals surface area (Å²) in [5.41, 5.74) is 0.462. The van der Waals surface area contributed by atoms with Crippen LogP contribution in [0.1, 0.15) is 59.8 Å². The van der Waals surface area contributed by atoms with Crippen molar-refractivity contribution in [3.05, 3.63) is 0 Å². The average Bonchev–Trinajstić information content (AvgIpc) is 2.18. The largest absolute Gasteiger partial charge is 0.317 e. The van der Waals surface area contributed by atoms with E-state index < -0.39 is 0 Å². The highest BCUT2D eigenvalue weighted by Gasteiger charge is 2.32. The van der Waals surface area contributed by atoms with Gasteiger partial charge in [0.05, 0.1) is 0 Å². The normalized spacial score (nSPS) is 21.6. The van der Waals surface area contributed by atoms with Gasteiger partial charge in [-0.15, -0.1) is 0 Å². The molecule has 0 aromatic heterocycles. The quantitative estimate of drug-likeness (QED) is 0.745. The standard InChI is InChI=1S/C14H29N/c1-5-15-11-13(14(2,3)4)12-9-7-6-8-10-12/h12-13,15H,5-11H2,1-4H3. The molecule has 1 saturated carbocycles. The predicted molar refractivity (Wildman–Crippen MR) is 68.1 cm³/mol. The first kappa shape index (κ1) is 13.0. The molecule has 0 aliphatic heterocycles. The molecule has 1 fully saturated rings. The lowest BCUT2D eigenvalue weighted by atomic mass is 9.68. The molecule has 1 aliphatic rings.